The zero-order valence-electron chi connectivity index (χ0n) is 31.3. The van der Waals surface area contributed by atoms with Gasteiger partial charge in [-0.05, 0) is 68.5 Å². The van der Waals surface area contributed by atoms with Crippen LogP contribution in [0.25, 0.3) is 21.8 Å². The third-order valence-electron chi connectivity index (χ3n) is 9.68. The predicted octanol–water partition coefficient (Wildman–Crippen LogP) is 2.70. The molecule has 0 fully saturated rings. The summed E-state index contributed by atoms with van der Waals surface area (Å²) in [7, 11) is 0. The highest BCUT2D eigenvalue weighted by molar-refractivity contribution is 5.96. The number of unbranched alkanes of at least 4 members (excludes halogenated alkanes) is 4. The third kappa shape index (κ3) is 12.2. The van der Waals surface area contributed by atoms with Gasteiger partial charge in [-0.2, -0.15) is 0 Å². The first-order valence-corrected chi connectivity index (χ1v) is 19.1. The molecule has 0 bridgehead atoms. The minimum atomic E-state index is -1.15. The van der Waals surface area contributed by atoms with Gasteiger partial charge >= 0.3 is 0 Å². The summed E-state index contributed by atoms with van der Waals surface area (Å²) in [5.41, 5.74) is 20.7. The second-order valence-corrected chi connectivity index (χ2v) is 13.9. The van der Waals surface area contributed by atoms with Crippen LogP contribution < -0.4 is 38.5 Å². The molecule has 54 heavy (non-hydrogen) atoms. The molecular formula is C40H57N9O5. The van der Waals surface area contributed by atoms with Crippen molar-refractivity contribution in [1.82, 2.24) is 31.2 Å². The highest BCUT2D eigenvalue weighted by atomic mass is 16.2. The van der Waals surface area contributed by atoms with Crippen LogP contribution in [0.3, 0.4) is 0 Å². The number of hydrogen-bond donors (Lipinski definition) is 9. The van der Waals surface area contributed by atoms with E-state index in [0.717, 1.165) is 65.0 Å². The van der Waals surface area contributed by atoms with E-state index in [-0.39, 0.29) is 31.7 Å². The number of benzene rings is 2. The zero-order valence-corrected chi connectivity index (χ0v) is 31.3. The summed E-state index contributed by atoms with van der Waals surface area (Å²) in [5.74, 6) is -2.72. The lowest BCUT2D eigenvalue weighted by Crippen LogP contribution is -2.58. The smallest absolute Gasteiger partial charge is 0.243 e. The van der Waals surface area contributed by atoms with E-state index < -0.39 is 47.8 Å². The van der Waals surface area contributed by atoms with E-state index in [1.165, 1.54) is 0 Å². The number of rotatable bonds is 24. The van der Waals surface area contributed by atoms with Crippen LogP contribution in [0.5, 0.6) is 0 Å². The van der Waals surface area contributed by atoms with Gasteiger partial charge in [-0.3, -0.25) is 24.0 Å². The van der Waals surface area contributed by atoms with E-state index in [2.05, 4.69) is 38.2 Å². The fourth-order valence-electron chi connectivity index (χ4n) is 6.63. The molecule has 2 heterocycles. The van der Waals surface area contributed by atoms with Crippen molar-refractivity contribution < 1.29 is 24.0 Å². The molecule has 0 saturated heterocycles. The normalized spacial score (nSPS) is 13.5. The Labute approximate surface area is 316 Å². The highest BCUT2D eigenvalue weighted by Crippen LogP contribution is 2.21. The van der Waals surface area contributed by atoms with Gasteiger partial charge in [0.15, 0.2) is 0 Å². The molecule has 5 amide bonds. The fourth-order valence-corrected chi connectivity index (χ4v) is 6.63. The first-order valence-electron chi connectivity index (χ1n) is 19.1. The molecule has 4 rings (SSSR count). The maximum absolute atomic E-state index is 14.1. The van der Waals surface area contributed by atoms with Crippen LogP contribution in [0.2, 0.25) is 0 Å². The molecule has 2 aromatic carbocycles. The number of amides is 5. The number of aromatic nitrogens is 2. The molecule has 0 aliphatic heterocycles. The standard InChI is InChI=1S/C40H57N9O5/c1-2-3-4-5-6-19-36(50)46-32(17-11-20-41)38(52)47-33(18-12-21-42)39(53)49-35(23-27-25-45-31-16-10-8-14-29(27)31)40(54)48-34(37(43)51)22-26-24-44-30-15-9-7-13-28(26)30/h7-10,13-16,24-25,32-35,44-45H,2-6,11-12,17-23,41-42H2,1H3,(H2,43,51)(H,46,50)(H,47,52)(H,48,54)(H,49,53)/t32-,33-,34-,35-/m0/s1. The van der Waals surface area contributed by atoms with Crippen molar-refractivity contribution in [2.45, 2.75) is 108 Å². The van der Waals surface area contributed by atoms with Gasteiger partial charge in [-0.25, -0.2) is 0 Å². The van der Waals surface area contributed by atoms with Crippen molar-refractivity contribution in [1.29, 1.82) is 0 Å². The summed E-state index contributed by atoms with van der Waals surface area (Å²) in [6, 6.07) is 11.0. The maximum Gasteiger partial charge on any atom is 0.243 e. The Morgan fingerprint density at radius 2 is 1.06 bits per heavy atom. The summed E-state index contributed by atoms with van der Waals surface area (Å²) in [4.78, 5) is 73.7. The lowest BCUT2D eigenvalue weighted by Gasteiger charge is -2.26. The number of H-pyrrole nitrogens is 2. The van der Waals surface area contributed by atoms with Gasteiger partial charge in [-0.15, -0.1) is 0 Å². The average molecular weight is 744 g/mol. The van der Waals surface area contributed by atoms with Gasteiger partial charge in [0.05, 0.1) is 0 Å². The minimum Gasteiger partial charge on any atom is -0.368 e. The first kappa shape index (κ1) is 41.5. The Morgan fingerprint density at radius 3 is 1.59 bits per heavy atom. The van der Waals surface area contributed by atoms with E-state index in [0.29, 0.717) is 32.2 Å². The first-order chi connectivity index (χ1) is 26.1. The number of nitrogens with one attached hydrogen (secondary N) is 6. The van der Waals surface area contributed by atoms with Crippen LogP contribution in [0, 0.1) is 0 Å². The topological polar surface area (TPSA) is 243 Å². The molecule has 14 nitrogen and oxygen atoms in total. The van der Waals surface area contributed by atoms with Gasteiger partial charge in [-0.1, -0.05) is 69.0 Å². The quantitative estimate of drug-likeness (QED) is 0.0486. The van der Waals surface area contributed by atoms with E-state index >= 15 is 0 Å². The van der Waals surface area contributed by atoms with E-state index in [4.69, 9.17) is 17.2 Å². The number of para-hydroxylation sites is 2. The molecule has 2 aromatic heterocycles. The Balaban J connectivity index is 1.53. The molecule has 292 valence electrons. The molecule has 0 saturated carbocycles. The van der Waals surface area contributed by atoms with Crippen LogP contribution in [-0.4, -0.2) is 76.8 Å². The Bertz CT molecular complexity index is 1840. The largest absolute Gasteiger partial charge is 0.368 e. The molecule has 4 atom stereocenters. The fraction of sp³-hybridized carbons (Fsp3) is 0.475. The van der Waals surface area contributed by atoms with Crippen LogP contribution in [0.15, 0.2) is 60.9 Å². The van der Waals surface area contributed by atoms with Crippen molar-refractivity contribution in [2.75, 3.05) is 13.1 Å². The molecule has 0 aliphatic rings. The van der Waals surface area contributed by atoms with Gasteiger partial charge < -0.3 is 48.4 Å². The van der Waals surface area contributed by atoms with Gasteiger partial charge in [0.1, 0.15) is 24.2 Å². The Kier molecular flexibility index (Phi) is 16.5. The lowest BCUT2D eigenvalue weighted by molar-refractivity contribution is -0.134. The summed E-state index contributed by atoms with van der Waals surface area (Å²) in [6.45, 7) is 2.71. The SMILES string of the molecule is CCCCCCCC(=O)N[C@@H](CCCN)C(=O)N[C@@H](CCCN)C(=O)N[C@@H](Cc1c[nH]c2ccccc12)C(=O)N[C@@H](Cc1c[nH]c2ccccc12)C(N)=O. The Hall–Kier alpha value is -5.21. The number of hydrogen-bond acceptors (Lipinski definition) is 7. The van der Waals surface area contributed by atoms with Crippen molar-refractivity contribution in [3.8, 4) is 0 Å². The summed E-state index contributed by atoms with van der Waals surface area (Å²) >= 11 is 0. The van der Waals surface area contributed by atoms with Gasteiger partial charge in [0.2, 0.25) is 29.5 Å². The number of fused-ring (bicyclic) bond motifs is 2. The molecule has 0 spiro atoms. The van der Waals surface area contributed by atoms with E-state index in [9.17, 15) is 24.0 Å². The van der Waals surface area contributed by atoms with Crippen molar-refractivity contribution in [3.63, 3.8) is 0 Å². The molecule has 0 radical (unpaired) electrons. The second kappa shape index (κ2) is 21.5. The molecular weight excluding hydrogens is 686 g/mol. The number of carbonyl (C=O) groups is 5. The molecule has 0 aliphatic carbocycles. The highest BCUT2D eigenvalue weighted by Gasteiger charge is 2.32. The van der Waals surface area contributed by atoms with Crippen molar-refractivity contribution in [3.05, 3.63) is 72.1 Å². The maximum atomic E-state index is 14.1. The number of aromatic amines is 2. The van der Waals surface area contributed by atoms with Gasteiger partial charge in [0, 0.05) is 53.5 Å². The average Bonchev–Trinajstić information content (AvgIpc) is 3.77. The molecule has 14 heteroatoms. The third-order valence-corrected chi connectivity index (χ3v) is 9.68. The summed E-state index contributed by atoms with van der Waals surface area (Å²) in [5, 5.41) is 13.0. The van der Waals surface area contributed by atoms with Crippen LogP contribution in [0.1, 0.15) is 82.3 Å². The summed E-state index contributed by atoms with van der Waals surface area (Å²) < 4.78 is 0. The van der Waals surface area contributed by atoms with E-state index in [1.54, 1.807) is 12.4 Å². The molecule has 0 unspecified atom stereocenters. The second-order valence-electron chi connectivity index (χ2n) is 13.9. The number of nitrogens with two attached hydrogens (primary N) is 3. The monoisotopic (exact) mass is 743 g/mol. The Morgan fingerprint density at radius 1 is 0.593 bits per heavy atom. The zero-order chi connectivity index (χ0) is 38.9. The van der Waals surface area contributed by atoms with Gasteiger partial charge in [0.25, 0.3) is 0 Å². The lowest BCUT2D eigenvalue weighted by atomic mass is 10.0. The summed E-state index contributed by atoms with van der Waals surface area (Å²) in [6.07, 6.45) is 10.3. The van der Waals surface area contributed by atoms with Crippen molar-refractivity contribution in [2.24, 2.45) is 17.2 Å². The predicted molar refractivity (Wildman–Crippen MR) is 211 cm³/mol. The van der Waals surface area contributed by atoms with Crippen LogP contribution >= 0.6 is 0 Å². The number of carbonyl (C=O) groups excluding carboxylic acids is 5. The minimum absolute atomic E-state index is 0.0746. The van der Waals surface area contributed by atoms with Crippen LogP contribution in [0.4, 0.5) is 0 Å². The van der Waals surface area contributed by atoms with Crippen LogP contribution in [-0.2, 0) is 36.8 Å². The molecule has 12 N–H and O–H groups in total. The molecule has 4 aromatic rings. The van der Waals surface area contributed by atoms with Crippen molar-refractivity contribution >= 4 is 51.3 Å². The number of primary amides is 1. The van der Waals surface area contributed by atoms with E-state index in [1.807, 2.05) is 48.5 Å².